The normalized spacial score (nSPS) is 12.1. The molecule has 0 bridgehead atoms. The van der Waals surface area contributed by atoms with Gasteiger partial charge < -0.3 is 15.6 Å². The first-order valence-corrected chi connectivity index (χ1v) is 6.51. The molecule has 1 aromatic carbocycles. The maximum atomic E-state index is 11.8. The molecule has 0 aliphatic rings. The van der Waals surface area contributed by atoms with Crippen LogP contribution in [0.4, 0.5) is 0 Å². The lowest BCUT2D eigenvalue weighted by Gasteiger charge is -2.11. The quantitative estimate of drug-likeness (QED) is 0.804. The molecule has 0 saturated carbocycles. The second-order valence-corrected chi connectivity index (χ2v) is 4.57. The van der Waals surface area contributed by atoms with Gasteiger partial charge in [0.05, 0.1) is 6.04 Å². The predicted molar refractivity (Wildman–Crippen MR) is 73.9 cm³/mol. The average molecular weight is 274 g/mol. The van der Waals surface area contributed by atoms with Crippen molar-refractivity contribution in [2.45, 2.75) is 25.8 Å². The standard InChI is InChI=1S/C14H18N4O2/c1-10-17-13(20-18-10)7-8-16-14(19)12(15)9-11-5-3-2-4-6-11/h2-6,12H,7-9,15H2,1H3,(H,16,19)/t12-/m1/s1. The molecule has 2 rings (SSSR count). The molecular weight excluding hydrogens is 256 g/mol. The largest absolute Gasteiger partial charge is 0.354 e. The summed E-state index contributed by atoms with van der Waals surface area (Å²) in [5.41, 5.74) is 6.91. The van der Waals surface area contributed by atoms with Gasteiger partial charge in [-0.05, 0) is 18.9 Å². The number of hydrogen-bond acceptors (Lipinski definition) is 5. The number of carbonyl (C=O) groups is 1. The minimum atomic E-state index is -0.554. The number of nitrogens with one attached hydrogen (secondary N) is 1. The zero-order valence-electron chi connectivity index (χ0n) is 11.4. The molecule has 1 heterocycles. The number of hydrogen-bond donors (Lipinski definition) is 2. The molecule has 0 saturated heterocycles. The van der Waals surface area contributed by atoms with Crippen LogP contribution in [0, 0.1) is 6.92 Å². The van der Waals surface area contributed by atoms with Gasteiger partial charge in [0.15, 0.2) is 5.82 Å². The maximum absolute atomic E-state index is 11.8. The molecule has 2 aromatic rings. The van der Waals surface area contributed by atoms with E-state index in [1.807, 2.05) is 30.3 Å². The summed E-state index contributed by atoms with van der Waals surface area (Å²) in [6.07, 6.45) is 1.02. The molecule has 0 spiro atoms. The van der Waals surface area contributed by atoms with Crippen LogP contribution >= 0.6 is 0 Å². The van der Waals surface area contributed by atoms with Gasteiger partial charge in [0.2, 0.25) is 11.8 Å². The van der Waals surface area contributed by atoms with E-state index < -0.39 is 6.04 Å². The van der Waals surface area contributed by atoms with Gasteiger partial charge in [0, 0.05) is 13.0 Å². The molecule has 0 aliphatic carbocycles. The summed E-state index contributed by atoms with van der Waals surface area (Å²) in [5, 5.41) is 6.45. The van der Waals surface area contributed by atoms with Gasteiger partial charge in [0.1, 0.15) is 0 Å². The second-order valence-electron chi connectivity index (χ2n) is 4.57. The van der Waals surface area contributed by atoms with E-state index >= 15 is 0 Å². The van der Waals surface area contributed by atoms with Crippen molar-refractivity contribution < 1.29 is 9.32 Å². The Bertz CT molecular complexity index is 553. The molecule has 1 atom stereocenters. The molecular formula is C14H18N4O2. The summed E-state index contributed by atoms with van der Waals surface area (Å²) in [6.45, 7) is 2.18. The zero-order valence-corrected chi connectivity index (χ0v) is 11.4. The van der Waals surface area contributed by atoms with Crippen molar-refractivity contribution in [3.8, 4) is 0 Å². The third-order valence-corrected chi connectivity index (χ3v) is 2.84. The Morgan fingerprint density at radius 2 is 2.15 bits per heavy atom. The lowest BCUT2D eigenvalue weighted by molar-refractivity contribution is -0.122. The number of rotatable bonds is 6. The fraction of sp³-hybridized carbons (Fsp3) is 0.357. The van der Waals surface area contributed by atoms with Crippen LogP contribution in [0.3, 0.4) is 0 Å². The van der Waals surface area contributed by atoms with Crippen LogP contribution in [0.15, 0.2) is 34.9 Å². The molecule has 20 heavy (non-hydrogen) atoms. The van der Waals surface area contributed by atoms with Crippen LogP contribution in [0.1, 0.15) is 17.3 Å². The van der Waals surface area contributed by atoms with E-state index in [-0.39, 0.29) is 5.91 Å². The van der Waals surface area contributed by atoms with E-state index in [1.165, 1.54) is 0 Å². The summed E-state index contributed by atoms with van der Waals surface area (Å²) < 4.78 is 4.96. The first-order valence-electron chi connectivity index (χ1n) is 6.51. The van der Waals surface area contributed by atoms with Crippen LogP contribution in [0.5, 0.6) is 0 Å². The monoisotopic (exact) mass is 274 g/mol. The Labute approximate surface area is 117 Å². The van der Waals surface area contributed by atoms with Crippen LogP contribution < -0.4 is 11.1 Å². The maximum Gasteiger partial charge on any atom is 0.237 e. The number of aromatic nitrogens is 2. The van der Waals surface area contributed by atoms with Gasteiger partial charge in [0.25, 0.3) is 0 Å². The highest BCUT2D eigenvalue weighted by atomic mass is 16.5. The molecule has 1 amide bonds. The summed E-state index contributed by atoms with van der Waals surface area (Å²) in [6, 6.07) is 9.14. The van der Waals surface area contributed by atoms with Crippen molar-refractivity contribution in [1.29, 1.82) is 0 Å². The Hall–Kier alpha value is -2.21. The lowest BCUT2D eigenvalue weighted by Crippen LogP contribution is -2.42. The SMILES string of the molecule is Cc1noc(CCNC(=O)[C@H](N)Cc2ccccc2)n1. The van der Waals surface area contributed by atoms with Crippen molar-refractivity contribution in [1.82, 2.24) is 15.5 Å². The van der Waals surface area contributed by atoms with Crippen molar-refractivity contribution in [2.75, 3.05) is 6.54 Å². The Morgan fingerprint density at radius 1 is 1.40 bits per heavy atom. The number of nitrogens with two attached hydrogens (primary N) is 1. The Morgan fingerprint density at radius 3 is 2.80 bits per heavy atom. The minimum Gasteiger partial charge on any atom is -0.354 e. The van der Waals surface area contributed by atoms with E-state index in [2.05, 4.69) is 15.5 Å². The van der Waals surface area contributed by atoms with Gasteiger partial charge in [-0.3, -0.25) is 4.79 Å². The zero-order chi connectivity index (χ0) is 14.4. The van der Waals surface area contributed by atoms with E-state index in [9.17, 15) is 4.79 Å². The number of nitrogens with zero attached hydrogens (tertiary/aromatic N) is 2. The third kappa shape index (κ3) is 4.17. The minimum absolute atomic E-state index is 0.176. The number of benzene rings is 1. The highest BCUT2D eigenvalue weighted by Gasteiger charge is 2.13. The molecule has 0 aliphatic heterocycles. The van der Waals surface area contributed by atoms with E-state index in [0.717, 1.165) is 5.56 Å². The predicted octanol–water partition coefficient (Wildman–Crippen LogP) is 0.607. The summed E-state index contributed by atoms with van der Waals surface area (Å²) in [5.74, 6) is 0.927. The molecule has 3 N–H and O–H groups in total. The molecule has 106 valence electrons. The van der Waals surface area contributed by atoms with E-state index in [1.54, 1.807) is 6.92 Å². The van der Waals surface area contributed by atoms with Gasteiger partial charge >= 0.3 is 0 Å². The highest BCUT2D eigenvalue weighted by molar-refractivity contribution is 5.81. The van der Waals surface area contributed by atoms with Crippen LogP contribution in [0.25, 0.3) is 0 Å². The first kappa shape index (κ1) is 14.2. The molecule has 1 aromatic heterocycles. The summed E-state index contributed by atoms with van der Waals surface area (Å²) in [7, 11) is 0. The smallest absolute Gasteiger partial charge is 0.237 e. The summed E-state index contributed by atoms with van der Waals surface area (Å²) in [4.78, 5) is 15.9. The van der Waals surface area contributed by atoms with Gasteiger partial charge in [-0.15, -0.1) is 0 Å². The van der Waals surface area contributed by atoms with Gasteiger partial charge in [-0.25, -0.2) is 0 Å². The topological polar surface area (TPSA) is 94.0 Å². The fourth-order valence-electron chi connectivity index (χ4n) is 1.83. The fourth-order valence-corrected chi connectivity index (χ4v) is 1.83. The van der Waals surface area contributed by atoms with Crippen molar-refractivity contribution >= 4 is 5.91 Å². The van der Waals surface area contributed by atoms with E-state index in [0.29, 0.717) is 31.1 Å². The average Bonchev–Trinajstić information content (AvgIpc) is 2.85. The Balaban J connectivity index is 1.74. The molecule has 6 heteroatoms. The van der Waals surface area contributed by atoms with Gasteiger partial charge in [-0.2, -0.15) is 4.98 Å². The van der Waals surface area contributed by atoms with Crippen molar-refractivity contribution in [3.63, 3.8) is 0 Å². The first-order chi connectivity index (χ1) is 9.65. The van der Waals surface area contributed by atoms with Crippen LogP contribution in [-0.2, 0) is 17.6 Å². The van der Waals surface area contributed by atoms with Crippen LogP contribution in [0.2, 0.25) is 0 Å². The molecule has 0 radical (unpaired) electrons. The van der Waals surface area contributed by atoms with Crippen LogP contribution in [-0.4, -0.2) is 28.6 Å². The molecule has 0 unspecified atom stereocenters. The van der Waals surface area contributed by atoms with Crippen molar-refractivity contribution in [3.05, 3.63) is 47.6 Å². The summed E-state index contributed by atoms with van der Waals surface area (Å²) >= 11 is 0. The second kappa shape index (κ2) is 6.81. The van der Waals surface area contributed by atoms with Gasteiger partial charge in [-0.1, -0.05) is 35.5 Å². The Kier molecular flexibility index (Phi) is 4.84. The van der Waals surface area contributed by atoms with Crippen molar-refractivity contribution in [2.24, 2.45) is 5.73 Å². The molecule has 6 nitrogen and oxygen atoms in total. The lowest BCUT2D eigenvalue weighted by atomic mass is 10.1. The highest BCUT2D eigenvalue weighted by Crippen LogP contribution is 2.02. The van der Waals surface area contributed by atoms with E-state index in [4.69, 9.17) is 10.3 Å². The molecule has 0 fully saturated rings. The third-order valence-electron chi connectivity index (χ3n) is 2.84. The number of amides is 1. The number of aryl methyl sites for hydroxylation is 1. The number of carbonyl (C=O) groups excluding carboxylic acids is 1.